The molecular weight excluding hydrogens is 178 g/mol. The molecule has 0 aromatic carbocycles. The van der Waals surface area contributed by atoms with Crippen molar-refractivity contribution in [3.63, 3.8) is 0 Å². The normalized spacial score (nSPS) is 23.2. The Labute approximate surface area is 85.6 Å². The molecule has 1 heterocycles. The molecule has 0 aromatic rings. The lowest BCUT2D eigenvalue weighted by Crippen LogP contribution is -2.61. The number of hydrogen-bond acceptors (Lipinski definition) is 3. The van der Waals surface area contributed by atoms with Crippen LogP contribution in [-0.2, 0) is 4.79 Å². The first-order valence-electron chi connectivity index (χ1n) is 5.14. The minimum atomic E-state index is -0.887. The van der Waals surface area contributed by atoms with Crippen LogP contribution in [0.1, 0.15) is 20.8 Å². The van der Waals surface area contributed by atoms with Gasteiger partial charge < -0.3 is 16.4 Å². The van der Waals surface area contributed by atoms with E-state index in [9.17, 15) is 4.79 Å². The van der Waals surface area contributed by atoms with Gasteiger partial charge in [-0.2, -0.15) is 0 Å². The van der Waals surface area contributed by atoms with Gasteiger partial charge in [0.1, 0.15) is 5.54 Å². The van der Waals surface area contributed by atoms with Crippen molar-refractivity contribution < 1.29 is 4.79 Å². The predicted molar refractivity (Wildman–Crippen MR) is 56.6 cm³/mol. The number of nitrogens with two attached hydrogens (primary N) is 2. The molecule has 14 heavy (non-hydrogen) atoms. The lowest BCUT2D eigenvalue weighted by Gasteiger charge is -2.44. The summed E-state index contributed by atoms with van der Waals surface area (Å²) in [6.07, 6.45) is 0. The van der Waals surface area contributed by atoms with Crippen LogP contribution in [0.3, 0.4) is 0 Å². The Kier molecular flexibility index (Phi) is 3.17. The van der Waals surface area contributed by atoms with Crippen molar-refractivity contribution in [3.8, 4) is 0 Å². The van der Waals surface area contributed by atoms with E-state index in [2.05, 4.69) is 18.7 Å². The first kappa shape index (κ1) is 11.5. The van der Waals surface area contributed by atoms with Gasteiger partial charge in [-0.3, -0.25) is 4.79 Å². The van der Waals surface area contributed by atoms with E-state index in [-0.39, 0.29) is 0 Å². The van der Waals surface area contributed by atoms with E-state index in [1.165, 1.54) is 0 Å². The van der Waals surface area contributed by atoms with Crippen molar-refractivity contribution in [2.24, 2.45) is 23.3 Å². The Morgan fingerprint density at radius 3 is 2.43 bits per heavy atom. The van der Waals surface area contributed by atoms with Gasteiger partial charge in [0.25, 0.3) is 0 Å². The Morgan fingerprint density at radius 2 is 2.07 bits per heavy atom. The van der Waals surface area contributed by atoms with E-state index in [1.54, 1.807) is 6.92 Å². The van der Waals surface area contributed by atoms with Crippen molar-refractivity contribution in [1.82, 2.24) is 4.90 Å². The molecule has 0 saturated carbocycles. The highest BCUT2D eigenvalue weighted by Gasteiger charge is 2.35. The topological polar surface area (TPSA) is 72.3 Å². The Bertz CT molecular complexity index is 219. The summed E-state index contributed by atoms with van der Waals surface area (Å²) in [6.45, 7) is 8.79. The predicted octanol–water partition coefficient (Wildman–Crippen LogP) is -0.223. The maximum Gasteiger partial charge on any atom is 0.238 e. The van der Waals surface area contributed by atoms with Crippen molar-refractivity contribution >= 4 is 5.91 Å². The van der Waals surface area contributed by atoms with E-state index >= 15 is 0 Å². The lowest BCUT2D eigenvalue weighted by molar-refractivity contribution is -0.124. The van der Waals surface area contributed by atoms with Crippen molar-refractivity contribution in [1.29, 1.82) is 0 Å². The summed E-state index contributed by atoms with van der Waals surface area (Å²) in [6, 6.07) is 0. The molecule has 0 radical (unpaired) electrons. The number of nitrogens with zero attached hydrogens (tertiary/aromatic N) is 1. The Morgan fingerprint density at radius 1 is 1.57 bits per heavy atom. The minimum Gasteiger partial charge on any atom is -0.368 e. The SMILES string of the molecule is CC(C)C1CN(CC(C)(N)C(N)=O)C1. The van der Waals surface area contributed by atoms with E-state index in [0.717, 1.165) is 19.0 Å². The van der Waals surface area contributed by atoms with Gasteiger partial charge in [0.05, 0.1) is 0 Å². The van der Waals surface area contributed by atoms with Crippen molar-refractivity contribution in [2.45, 2.75) is 26.3 Å². The van der Waals surface area contributed by atoms with Crippen LogP contribution in [-0.4, -0.2) is 36.0 Å². The first-order chi connectivity index (χ1) is 6.33. The van der Waals surface area contributed by atoms with Gasteiger partial charge in [-0.1, -0.05) is 13.8 Å². The third kappa shape index (κ3) is 2.45. The molecule has 0 aliphatic carbocycles. The maximum absolute atomic E-state index is 11.0. The van der Waals surface area contributed by atoms with E-state index in [0.29, 0.717) is 12.5 Å². The van der Waals surface area contributed by atoms with Crippen molar-refractivity contribution in [3.05, 3.63) is 0 Å². The monoisotopic (exact) mass is 199 g/mol. The standard InChI is InChI=1S/C10H21N3O/c1-7(2)8-4-13(5-8)6-10(3,12)9(11)14/h7-8H,4-6,12H2,1-3H3,(H2,11,14). The zero-order chi connectivity index (χ0) is 10.9. The fourth-order valence-corrected chi connectivity index (χ4v) is 1.70. The van der Waals surface area contributed by atoms with E-state index in [1.807, 2.05) is 0 Å². The fourth-order valence-electron chi connectivity index (χ4n) is 1.70. The quantitative estimate of drug-likeness (QED) is 0.657. The molecular formula is C10H21N3O. The zero-order valence-electron chi connectivity index (χ0n) is 9.29. The average Bonchev–Trinajstić information content (AvgIpc) is 1.94. The molecule has 1 fully saturated rings. The smallest absolute Gasteiger partial charge is 0.238 e. The number of carbonyl (C=O) groups excluding carboxylic acids is 1. The first-order valence-corrected chi connectivity index (χ1v) is 5.14. The summed E-state index contributed by atoms with van der Waals surface area (Å²) < 4.78 is 0. The second-order valence-corrected chi connectivity index (χ2v) is 4.98. The third-order valence-corrected chi connectivity index (χ3v) is 3.04. The Balaban J connectivity index is 2.32. The molecule has 4 heteroatoms. The zero-order valence-corrected chi connectivity index (χ0v) is 9.29. The lowest BCUT2D eigenvalue weighted by atomic mass is 9.87. The van der Waals surface area contributed by atoms with Crippen LogP contribution in [0.4, 0.5) is 0 Å². The van der Waals surface area contributed by atoms with Crippen LogP contribution < -0.4 is 11.5 Å². The molecule has 0 bridgehead atoms. The highest BCUT2D eigenvalue weighted by Crippen LogP contribution is 2.24. The van der Waals surface area contributed by atoms with Crippen LogP contribution in [0.15, 0.2) is 0 Å². The van der Waals surface area contributed by atoms with Crippen molar-refractivity contribution in [2.75, 3.05) is 19.6 Å². The summed E-state index contributed by atoms with van der Waals surface area (Å²) in [5.74, 6) is 1.04. The van der Waals surface area contributed by atoms with Crippen LogP contribution in [0.5, 0.6) is 0 Å². The molecule has 4 nitrogen and oxygen atoms in total. The molecule has 1 aliphatic heterocycles. The number of carbonyl (C=O) groups is 1. The van der Waals surface area contributed by atoms with Crippen LogP contribution >= 0.6 is 0 Å². The molecule has 0 aromatic heterocycles. The average molecular weight is 199 g/mol. The third-order valence-electron chi connectivity index (χ3n) is 3.04. The van der Waals surface area contributed by atoms with E-state index in [4.69, 9.17) is 11.5 Å². The second kappa shape index (κ2) is 3.87. The van der Waals surface area contributed by atoms with Crippen LogP contribution in [0.25, 0.3) is 0 Å². The molecule has 82 valence electrons. The van der Waals surface area contributed by atoms with Gasteiger partial charge >= 0.3 is 0 Å². The van der Waals surface area contributed by atoms with Crippen LogP contribution in [0, 0.1) is 11.8 Å². The number of primary amides is 1. The Hall–Kier alpha value is -0.610. The largest absolute Gasteiger partial charge is 0.368 e. The van der Waals surface area contributed by atoms with Gasteiger partial charge in [-0.15, -0.1) is 0 Å². The molecule has 1 rings (SSSR count). The minimum absolute atomic E-state index is 0.425. The van der Waals surface area contributed by atoms with Gasteiger partial charge in [0, 0.05) is 19.6 Å². The molecule has 4 N–H and O–H groups in total. The maximum atomic E-state index is 11.0. The highest BCUT2D eigenvalue weighted by molar-refractivity contribution is 5.84. The second-order valence-electron chi connectivity index (χ2n) is 4.98. The summed E-state index contributed by atoms with van der Waals surface area (Å²) in [7, 11) is 0. The fraction of sp³-hybridized carbons (Fsp3) is 0.900. The van der Waals surface area contributed by atoms with E-state index < -0.39 is 11.4 Å². The van der Waals surface area contributed by atoms with Gasteiger partial charge in [0.15, 0.2) is 0 Å². The van der Waals surface area contributed by atoms with Gasteiger partial charge in [-0.05, 0) is 18.8 Å². The number of rotatable bonds is 4. The molecule has 1 aliphatic rings. The molecule has 1 atom stereocenters. The molecule has 0 spiro atoms. The number of amides is 1. The van der Waals surface area contributed by atoms with Crippen LogP contribution in [0.2, 0.25) is 0 Å². The van der Waals surface area contributed by atoms with Gasteiger partial charge in [0.2, 0.25) is 5.91 Å². The summed E-state index contributed by atoms with van der Waals surface area (Å²) in [4.78, 5) is 13.2. The summed E-state index contributed by atoms with van der Waals surface area (Å²) in [5.41, 5.74) is 10.1. The molecule has 1 saturated heterocycles. The summed E-state index contributed by atoms with van der Waals surface area (Å²) >= 11 is 0. The summed E-state index contributed by atoms with van der Waals surface area (Å²) in [5, 5.41) is 0. The highest BCUT2D eigenvalue weighted by atomic mass is 16.1. The molecule has 1 unspecified atom stereocenters. The molecule has 1 amide bonds. The number of likely N-dealkylation sites (tertiary alicyclic amines) is 1. The van der Waals surface area contributed by atoms with Gasteiger partial charge in [-0.25, -0.2) is 0 Å². The number of hydrogen-bond donors (Lipinski definition) is 2.